The van der Waals surface area contributed by atoms with Gasteiger partial charge < -0.3 is 9.47 Å². The summed E-state index contributed by atoms with van der Waals surface area (Å²) in [6, 6.07) is 5.92. The van der Waals surface area contributed by atoms with E-state index in [9.17, 15) is 9.18 Å². The molecule has 1 aromatic carbocycles. The molecule has 3 nitrogen and oxygen atoms in total. The first-order valence-electron chi connectivity index (χ1n) is 4.99. The first-order valence-corrected chi connectivity index (χ1v) is 4.99. The number of carbonyl (C=O) groups excluding carboxylic acids is 1. The average molecular weight is 224 g/mol. The summed E-state index contributed by atoms with van der Waals surface area (Å²) in [6.45, 7) is 3.46. The maximum atomic E-state index is 12.8. The molecule has 1 heterocycles. The largest absolute Gasteiger partial charge is 0.467 e. The molecule has 0 N–H and O–H groups in total. The van der Waals surface area contributed by atoms with E-state index in [1.165, 1.54) is 19.2 Å². The third-order valence-corrected chi connectivity index (χ3v) is 3.25. The van der Waals surface area contributed by atoms with Gasteiger partial charge in [0.15, 0.2) is 5.60 Å². The van der Waals surface area contributed by atoms with Crippen LogP contribution in [0.2, 0.25) is 0 Å². The number of methoxy groups -OCH3 is 1. The van der Waals surface area contributed by atoms with Crippen LogP contribution in [-0.4, -0.2) is 18.7 Å². The van der Waals surface area contributed by atoms with E-state index in [1.54, 1.807) is 26.0 Å². The van der Waals surface area contributed by atoms with E-state index in [1.807, 2.05) is 0 Å². The van der Waals surface area contributed by atoms with Crippen LogP contribution < -0.4 is 0 Å². The monoisotopic (exact) mass is 224 g/mol. The molecule has 86 valence electrons. The first-order chi connectivity index (χ1) is 7.44. The molecule has 2 atom stereocenters. The molecule has 1 saturated heterocycles. The fraction of sp³-hybridized carbons (Fsp3) is 0.417. The lowest BCUT2D eigenvalue weighted by Crippen LogP contribution is -2.29. The van der Waals surface area contributed by atoms with Gasteiger partial charge in [-0.1, -0.05) is 12.1 Å². The van der Waals surface area contributed by atoms with E-state index in [0.717, 1.165) is 5.56 Å². The molecule has 1 aliphatic heterocycles. The van der Waals surface area contributed by atoms with Crippen LogP contribution in [0.25, 0.3) is 0 Å². The molecule has 1 fully saturated rings. The molecule has 0 aromatic heterocycles. The fourth-order valence-corrected chi connectivity index (χ4v) is 1.92. The van der Waals surface area contributed by atoms with Crippen LogP contribution in [0.15, 0.2) is 24.3 Å². The third-order valence-electron chi connectivity index (χ3n) is 3.25. The Labute approximate surface area is 93.2 Å². The van der Waals surface area contributed by atoms with Gasteiger partial charge in [0.25, 0.3) is 0 Å². The quantitative estimate of drug-likeness (QED) is 0.569. The zero-order chi connectivity index (χ0) is 12.0. The van der Waals surface area contributed by atoms with Crippen molar-refractivity contribution < 1.29 is 18.7 Å². The number of benzene rings is 1. The van der Waals surface area contributed by atoms with Crippen molar-refractivity contribution in [2.75, 3.05) is 7.11 Å². The highest BCUT2D eigenvalue weighted by atomic mass is 19.1. The van der Waals surface area contributed by atoms with E-state index < -0.39 is 17.2 Å². The number of ether oxygens (including phenoxy) is 2. The Morgan fingerprint density at radius 1 is 1.31 bits per heavy atom. The first kappa shape index (κ1) is 11.1. The van der Waals surface area contributed by atoms with Gasteiger partial charge in [0.05, 0.1) is 7.11 Å². The Morgan fingerprint density at radius 2 is 1.88 bits per heavy atom. The van der Waals surface area contributed by atoms with E-state index >= 15 is 0 Å². The van der Waals surface area contributed by atoms with Crippen LogP contribution >= 0.6 is 0 Å². The number of hydrogen-bond donors (Lipinski definition) is 0. The summed E-state index contributed by atoms with van der Waals surface area (Å²) >= 11 is 0. The highest BCUT2D eigenvalue weighted by Gasteiger charge is 2.70. The summed E-state index contributed by atoms with van der Waals surface area (Å²) in [5.74, 6) is -0.730. The molecule has 0 amide bonds. The Hall–Kier alpha value is -1.42. The van der Waals surface area contributed by atoms with Crippen molar-refractivity contribution in [2.45, 2.75) is 25.0 Å². The van der Waals surface area contributed by atoms with Gasteiger partial charge in [-0.2, -0.15) is 0 Å². The molecule has 1 aliphatic rings. The second kappa shape index (κ2) is 3.28. The van der Waals surface area contributed by atoms with Crippen LogP contribution in [0, 0.1) is 5.82 Å². The molecule has 16 heavy (non-hydrogen) atoms. The topological polar surface area (TPSA) is 38.8 Å². The Bertz CT molecular complexity index is 428. The zero-order valence-corrected chi connectivity index (χ0v) is 9.41. The number of rotatable bonds is 2. The zero-order valence-electron chi connectivity index (χ0n) is 9.41. The van der Waals surface area contributed by atoms with Gasteiger partial charge in [-0.05, 0) is 31.5 Å². The van der Waals surface area contributed by atoms with Gasteiger partial charge in [0.2, 0.25) is 0 Å². The summed E-state index contributed by atoms with van der Waals surface area (Å²) in [5.41, 5.74) is -0.935. The molecular formula is C12H13FO3. The minimum absolute atomic E-state index is 0.312. The molecule has 0 spiro atoms. The summed E-state index contributed by atoms with van der Waals surface area (Å²) in [5, 5.41) is 0. The van der Waals surface area contributed by atoms with Crippen molar-refractivity contribution in [1.82, 2.24) is 0 Å². The Balaban J connectivity index is 2.30. The third kappa shape index (κ3) is 1.33. The predicted molar refractivity (Wildman–Crippen MR) is 55.3 cm³/mol. The van der Waals surface area contributed by atoms with Gasteiger partial charge in [-0.25, -0.2) is 9.18 Å². The van der Waals surface area contributed by atoms with Crippen molar-refractivity contribution >= 4 is 5.97 Å². The normalized spacial score (nSPS) is 32.2. The number of epoxide rings is 1. The molecule has 4 heteroatoms. The Morgan fingerprint density at radius 3 is 2.38 bits per heavy atom. The number of carbonyl (C=O) groups is 1. The van der Waals surface area contributed by atoms with Crippen molar-refractivity contribution in [3.05, 3.63) is 35.6 Å². The molecule has 0 saturated carbocycles. The molecule has 1 aromatic rings. The summed E-state index contributed by atoms with van der Waals surface area (Å²) in [6.07, 6.45) is 0. The molecule has 0 bridgehead atoms. The van der Waals surface area contributed by atoms with Gasteiger partial charge in [0.1, 0.15) is 11.4 Å². The SMILES string of the molecule is COC(=O)C1(C)OC1(C)c1ccc(F)cc1. The molecule has 0 aliphatic carbocycles. The van der Waals surface area contributed by atoms with Crippen molar-refractivity contribution in [2.24, 2.45) is 0 Å². The standard InChI is InChI=1S/C12H13FO3/c1-11(8-4-6-9(13)7-5-8)12(2,16-11)10(14)15-3/h4-7H,1-3H3. The second-order valence-corrected chi connectivity index (χ2v) is 4.17. The predicted octanol–water partition coefficient (Wildman–Crippen LogP) is 2.00. The molecular weight excluding hydrogens is 211 g/mol. The van der Waals surface area contributed by atoms with E-state index in [-0.39, 0.29) is 5.82 Å². The maximum absolute atomic E-state index is 12.8. The van der Waals surface area contributed by atoms with Gasteiger partial charge in [0, 0.05) is 0 Å². The molecule has 0 radical (unpaired) electrons. The minimum Gasteiger partial charge on any atom is -0.467 e. The second-order valence-electron chi connectivity index (χ2n) is 4.17. The summed E-state index contributed by atoms with van der Waals surface area (Å²) in [4.78, 5) is 11.5. The van der Waals surface area contributed by atoms with Gasteiger partial charge in [-0.3, -0.25) is 0 Å². The maximum Gasteiger partial charge on any atom is 0.341 e. The highest BCUT2D eigenvalue weighted by Crippen LogP contribution is 2.55. The van der Waals surface area contributed by atoms with E-state index in [0.29, 0.717) is 0 Å². The summed E-state index contributed by atoms with van der Waals surface area (Å²) in [7, 11) is 1.32. The lowest BCUT2D eigenvalue weighted by Gasteiger charge is -2.10. The number of halogens is 1. The van der Waals surface area contributed by atoms with Crippen LogP contribution in [0.4, 0.5) is 4.39 Å². The molecule has 2 rings (SSSR count). The minimum atomic E-state index is -0.973. The van der Waals surface area contributed by atoms with Gasteiger partial charge in [-0.15, -0.1) is 0 Å². The van der Waals surface area contributed by atoms with E-state index in [2.05, 4.69) is 4.74 Å². The highest BCUT2D eigenvalue weighted by molar-refractivity contribution is 5.84. The molecule has 2 unspecified atom stereocenters. The number of hydrogen-bond acceptors (Lipinski definition) is 3. The lowest BCUT2D eigenvalue weighted by molar-refractivity contribution is -0.146. The summed E-state index contributed by atoms with van der Waals surface area (Å²) < 4.78 is 22.9. The Kier molecular flexibility index (Phi) is 2.27. The van der Waals surface area contributed by atoms with Crippen LogP contribution in [0.1, 0.15) is 19.4 Å². The van der Waals surface area contributed by atoms with Crippen LogP contribution in [0.5, 0.6) is 0 Å². The smallest absolute Gasteiger partial charge is 0.341 e. The van der Waals surface area contributed by atoms with Crippen molar-refractivity contribution in [1.29, 1.82) is 0 Å². The van der Waals surface area contributed by atoms with Gasteiger partial charge >= 0.3 is 5.97 Å². The van der Waals surface area contributed by atoms with Crippen molar-refractivity contribution in [3.63, 3.8) is 0 Å². The lowest BCUT2D eigenvalue weighted by atomic mass is 9.89. The fourth-order valence-electron chi connectivity index (χ4n) is 1.92. The van der Waals surface area contributed by atoms with Crippen molar-refractivity contribution in [3.8, 4) is 0 Å². The van der Waals surface area contributed by atoms with E-state index in [4.69, 9.17) is 4.74 Å². The average Bonchev–Trinajstić information content (AvgIpc) is 2.84. The number of esters is 1. The van der Waals surface area contributed by atoms with Crippen LogP contribution in [0.3, 0.4) is 0 Å². The van der Waals surface area contributed by atoms with Crippen LogP contribution in [-0.2, 0) is 19.9 Å².